The van der Waals surface area contributed by atoms with Crippen molar-refractivity contribution in [3.8, 4) is 0 Å². The highest BCUT2D eigenvalue weighted by molar-refractivity contribution is 7.99. The number of nitrogens with one attached hydrogen (secondary N) is 1. The number of alkyl carbamates (subject to hydrolysis) is 1. The molecule has 58 valence electrons. The van der Waals surface area contributed by atoms with E-state index >= 15 is 0 Å². The van der Waals surface area contributed by atoms with Gasteiger partial charge in [-0.2, -0.15) is 11.8 Å². The summed E-state index contributed by atoms with van der Waals surface area (Å²) in [5.74, 6) is 2.17. The Balaban J connectivity index is 2.17. The number of rotatable bonds is 1. The Morgan fingerprint density at radius 3 is 3.10 bits per heavy atom. The van der Waals surface area contributed by atoms with Crippen molar-refractivity contribution in [2.45, 2.75) is 12.5 Å². The third-order valence-corrected chi connectivity index (χ3v) is 2.60. The van der Waals surface area contributed by atoms with E-state index in [-0.39, 0.29) is 6.09 Å². The van der Waals surface area contributed by atoms with Gasteiger partial charge in [0.15, 0.2) is 0 Å². The molecule has 10 heavy (non-hydrogen) atoms. The van der Waals surface area contributed by atoms with E-state index in [1.165, 1.54) is 7.11 Å². The number of ether oxygens (including phenoxy) is 1. The van der Waals surface area contributed by atoms with Crippen LogP contribution in [0.25, 0.3) is 0 Å². The summed E-state index contributed by atoms with van der Waals surface area (Å²) in [4.78, 5) is 10.6. The molecule has 1 aliphatic rings. The van der Waals surface area contributed by atoms with Crippen LogP contribution in [0.1, 0.15) is 6.42 Å². The lowest BCUT2D eigenvalue weighted by atomic mass is 10.3. The lowest BCUT2D eigenvalue weighted by Crippen LogP contribution is -2.34. The highest BCUT2D eigenvalue weighted by Gasteiger charge is 2.17. The molecule has 0 spiro atoms. The lowest BCUT2D eigenvalue weighted by molar-refractivity contribution is 0.167. The van der Waals surface area contributed by atoms with Crippen molar-refractivity contribution < 1.29 is 9.53 Å². The van der Waals surface area contributed by atoms with Gasteiger partial charge >= 0.3 is 6.09 Å². The van der Waals surface area contributed by atoms with E-state index in [0.29, 0.717) is 6.04 Å². The molecule has 1 rings (SSSR count). The summed E-state index contributed by atoms with van der Waals surface area (Å²) in [6.07, 6.45) is 0.757. The summed E-state index contributed by atoms with van der Waals surface area (Å²) in [6, 6.07) is 0.331. The molecule has 1 fully saturated rings. The molecule has 1 unspecified atom stereocenters. The highest BCUT2D eigenvalue weighted by Crippen LogP contribution is 2.16. The van der Waals surface area contributed by atoms with Crippen LogP contribution in [0.15, 0.2) is 0 Å². The molecule has 3 nitrogen and oxygen atoms in total. The number of hydrogen-bond acceptors (Lipinski definition) is 3. The van der Waals surface area contributed by atoms with Crippen LogP contribution >= 0.6 is 11.8 Å². The van der Waals surface area contributed by atoms with E-state index in [9.17, 15) is 4.79 Å². The lowest BCUT2D eigenvalue weighted by Gasteiger charge is -2.08. The first-order valence-electron chi connectivity index (χ1n) is 3.25. The maximum absolute atomic E-state index is 10.6. The molecule has 0 bridgehead atoms. The van der Waals surface area contributed by atoms with Gasteiger partial charge in [0, 0.05) is 11.8 Å². The third-order valence-electron chi connectivity index (χ3n) is 1.44. The molecule has 0 aromatic carbocycles. The van der Waals surface area contributed by atoms with Gasteiger partial charge in [0.25, 0.3) is 0 Å². The average molecular weight is 161 g/mol. The third kappa shape index (κ3) is 2.10. The Bertz CT molecular complexity index is 123. The summed E-state index contributed by atoms with van der Waals surface area (Å²) in [5.41, 5.74) is 0. The molecule has 0 saturated carbocycles. The second kappa shape index (κ2) is 3.71. The predicted molar refractivity (Wildman–Crippen MR) is 41.3 cm³/mol. The van der Waals surface area contributed by atoms with Crippen molar-refractivity contribution in [2.24, 2.45) is 0 Å². The van der Waals surface area contributed by atoms with E-state index in [4.69, 9.17) is 0 Å². The van der Waals surface area contributed by atoms with Gasteiger partial charge in [-0.05, 0) is 12.2 Å². The topological polar surface area (TPSA) is 38.3 Å². The summed E-state index contributed by atoms with van der Waals surface area (Å²) >= 11 is 1.86. The number of hydrogen-bond donors (Lipinski definition) is 1. The van der Waals surface area contributed by atoms with Gasteiger partial charge in [0.2, 0.25) is 0 Å². The van der Waals surface area contributed by atoms with Gasteiger partial charge in [-0.15, -0.1) is 0 Å². The molecular formula is C6H11NO2S. The molecule has 4 heteroatoms. The highest BCUT2D eigenvalue weighted by atomic mass is 32.2. The van der Waals surface area contributed by atoms with Crippen molar-refractivity contribution in [3.63, 3.8) is 0 Å². The van der Waals surface area contributed by atoms with Crippen LogP contribution in [0.4, 0.5) is 4.79 Å². The van der Waals surface area contributed by atoms with Crippen LogP contribution in [0, 0.1) is 0 Å². The monoisotopic (exact) mass is 161 g/mol. The van der Waals surface area contributed by atoms with E-state index in [0.717, 1.165) is 17.9 Å². The second-order valence-corrected chi connectivity index (χ2v) is 3.35. The summed E-state index contributed by atoms with van der Waals surface area (Å²) in [6.45, 7) is 0. The molecule has 0 aromatic rings. The summed E-state index contributed by atoms with van der Waals surface area (Å²) in [5, 5.41) is 2.75. The fraction of sp³-hybridized carbons (Fsp3) is 0.833. The molecule has 1 N–H and O–H groups in total. The van der Waals surface area contributed by atoms with Crippen LogP contribution in [-0.2, 0) is 4.74 Å². The zero-order chi connectivity index (χ0) is 7.40. The predicted octanol–water partition coefficient (Wildman–Crippen LogP) is 0.848. The normalized spacial score (nSPS) is 24.3. The second-order valence-electron chi connectivity index (χ2n) is 2.20. The largest absolute Gasteiger partial charge is 0.453 e. The Morgan fingerprint density at radius 2 is 2.60 bits per heavy atom. The van der Waals surface area contributed by atoms with E-state index < -0.39 is 0 Å². The molecule has 1 saturated heterocycles. The van der Waals surface area contributed by atoms with Gasteiger partial charge in [0.05, 0.1) is 7.11 Å². The van der Waals surface area contributed by atoms with Crippen molar-refractivity contribution in [1.82, 2.24) is 5.32 Å². The molecule has 1 atom stereocenters. The maximum atomic E-state index is 10.6. The molecular weight excluding hydrogens is 150 g/mol. The SMILES string of the molecule is COC(=O)NC1CCSC1. The van der Waals surface area contributed by atoms with Crippen LogP contribution in [0.2, 0.25) is 0 Å². The molecule has 1 aliphatic heterocycles. The average Bonchev–Trinajstić information content (AvgIpc) is 2.40. The number of thioether (sulfide) groups is 1. The fourth-order valence-corrected chi connectivity index (χ4v) is 2.03. The Morgan fingerprint density at radius 1 is 1.80 bits per heavy atom. The molecule has 0 aliphatic carbocycles. The fourth-order valence-electron chi connectivity index (χ4n) is 0.874. The van der Waals surface area contributed by atoms with Crippen LogP contribution in [0.5, 0.6) is 0 Å². The van der Waals surface area contributed by atoms with Crippen molar-refractivity contribution in [2.75, 3.05) is 18.6 Å². The standard InChI is InChI=1S/C6H11NO2S/c1-9-6(8)7-5-2-3-10-4-5/h5H,2-4H2,1H3,(H,7,8). The first-order chi connectivity index (χ1) is 4.83. The Kier molecular flexibility index (Phi) is 2.86. The zero-order valence-corrected chi connectivity index (χ0v) is 6.74. The van der Waals surface area contributed by atoms with Gasteiger partial charge in [0.1, 0.15) is 0 Å². The van der Waals surface area contributed by atoms with Crippen LogP contribution in [-0.4, -0.2) is 30.8 Å². The first kappa shape index (κ1) is 7.72. The van der Waals surface area contributed by atoms with Gasteiger partial charge in [-0.25, -0.2) is 4.79 Å². The molecule has 1 amide bonds. The minimum Gasteiger partial charge on any atom is -0.453 e. The Hall–Kier alpha value is -0.380. The van der Waals surface area contributed by atoms with Crippen LogP contribution in [0.3, 0.4) is 0 Å². The van der Waals surface area contributed by atoms with E-state index in [1.54, 1.807) is 0 Å². The number of amides is 1. The smallest absolute Gasteiger partial charge is 0.407 e. The minimum atomic E-state index is -0.312. The molecule has 1 heterocycles. The first-order valence-corrected chi connectivity index (χ1v) is 4.40. The van der Waals surface area contributed by atoms with Gasteiger partial charge in [-0.1, -0.05) is 0 Å². The summed E-state index contributed by atoms with van der Waals surface area (Å²) < 4.78 is 4.45. The quantitative estimate of drug-likeness (QED) is 0.619. The van der Waals surface area contributed by atoms with Crippen molar-refractivity contribution in [1.29, 1.82) is 0 Å². The molecule has 0 radical (unpaired) electrons. The number of methoxy groups -OCH3 is 1. The minimum absolute atomic E-state index is 0.312. The number of carbonyl (C=O) groups is 1. The molecule has 0 aromatic heterocycles. The van der Waals surface area contributed by atoms with Crippen LogP contribution < -0.4 is 5.32 Å². The maximum Gasteiger partial charge on any atom is 0.407 e. The van der Waals surface area contributed by atoms with E-state index in [2.05, 4.69) is 10.1 Å². The van der Waals surface area contributed by atoms with Gasteiger partial charge in [-0.3, -0.25) is 0 Å². The Labute approximate surface area is 64.5 Å². The number of carbonyl (C=O) groups excluding carboxylic acids is 1. The van der Waals surface area contributed by atoms with E-state index in [1.807, 2.05) is 11.8 Å². The van der Waals surface area contributed by atoms with Crippen molar-refractivity contribution >= 4 is 17.9 Å². The zero-order valence-electron chi connectivity index (χ0n) is 5.92. The van der Waals surface area contributed by atoms with Gasteiger partial charge < -0.3 is 10.1 Å². The van der Waals surface area contributed by atoms with Crippen molar-refractivity contribution in [3.05, 3.63) is 0 Å². The summed E-state index contributed by atoms with van der Waals surface area (Å²) in [7, 11) is 1.39.